The molecule has 2 N–H and O–H groups in total. The molecule has 7 nitrogen and oxygen atoms in total. The fourth-order valence-electron chi connectivity index (χ4n) is 2.17. The number of carbonyl (C=O) groups is 1. The molecule has 1 aromatic carbocycles. The Kier molecular flexibility index (Phi) is 3.67. The number of benzene rings is 1. The standard InChI is InChI=1S/C16H9FN4O3/c17-13-5-11(16(23)24)7-19-14(13)21-15(22)12(8-20-21)10-3-1-9(6-18)2-4-10/h1-5,7-8,20H,(H,23,24). The molecule has 0 radical (unpaired) electrons. The molecule has 2 aromatic heterocycles. The van der Waals surface area contributed by atoms with Crippen molar-refractivity contribution in [1.82, 2.24) is 14.8 Å². The number of hydrogen-bond acceptors (Lipinski definition) is 4. The summed E-state index contributed by atoms with van der Waals surface area (Å²) < 4.78 is 14.9. The van der Waals surface area contributed by atoms with E-state index >= 15 is 0 Å². The molecule has 0 aliphatic heterocycles. The molecule has 118 valence electrons. The predicted molar refractivity (Wildman–Crippen MR) is 81.3 cm³/mol. The van der Waals surface area contributed by atoms with Gasteiger partial charge in [0, 0.05) is 12.4 Å². The van der Waals surface area contributed by atoms with Gasteiger partial charge in [0.1, 0.15) is 0 Å². The first-order valence-corrected chi connectivity index (χ1v) is 6.71. The van der Waals surface area contributed by atoms with Crippen LogP contribution in [0.3, 0.4) is 0 Å². The average molecular weight is 324 g/mol. The maximum absolute atomic E-state index is 14.0. The molecule has 0 fully saturated rings. The molecule has 0 aliphatic carbocycles. The van der Waals surface area contributed by atoms with Crippen molar-refractivity contribution in [2.45, 2.75) is 0 Å². The number of aromatic carboxylic acids is 1. The van der Waals surface area contributed by atoms with Crippen LogP contribution in [0.2, 0.25) is 0 Å². The third kappa shape index (κ3) is 2.55. The molecule has 0 unspecified atom stereocenters. The van der Waals surface area contributed by atoms with Crippen molar-refractivity contribution in [3.8, 4) is 23.0 Å². The molecular formula is C16H9FN4O3. The Morgan fingerprint density at radius 1 is 1.33 bits per heavy atom. The Bertz CT molecular complexity index is 1030. The number of carboxylic acid groups (broad SMARTS) is 1. The minimum absolute atomic E-state index is 0.267. The van der Waals surface area contributed by atoms with Crippen LogP contribution in [0.4, 0.5) is 4.39 Å². The molecule has 2 heterocycles. The Morgan fingerprint density at radius 3 is 2.62 bits per heavy atom. The number of carboxylic acids is 1. The molecule has 3 aromatic rings. The fraction of sp³-hybridized carbons (Fsp3) is 0. The Hall–Kier alpha value is -3.73. The zero-order valence-electron chi connectivity index (χ0n) is 12.0. The van der Waals surface area contributed by atoms with Gasteiger partial charge in [0.25, 0.3) is 5.56 Å². The summed E-state index contributed by atoms with van der Waals surface area (Å²) in [6.45, 7) is 0. The number of rotatable bonds is 3. The van der Waals surface area contributed by atoms with Crippen LogP contribution in [0.5, 0.6) is 0 Å². The van der Waals surface area contributed by atoms with E-state index in [0.29, 0.717) is 11.1 Å². The molecule has 3 rings (SSSR count). The second kappa shape index (κ2) is 5.81. The number of nitrogens with one attached hydrogen (secondary N) is 1. The number of aromatic amines is 1. The van der Waals surface area contributed by atoms with E-state index in [1.165, 1.54) is 6.20 Å². The largest absolute Gasteiger partial charge is 0.478 e. The first kappa shape index (κ1) is 15.2. The van der Waals surface area contributed by atoms with E-state index in [9.17, 15) is 14.0 Å². The smallest absolute Gasteiger partial charge is 0.337 e. The molecule has 0 atom stereocenters. The van der Waals surface area contributed by atoms with Crippen LogP contribution in [-0.2, 0) is 0 Å². The summed E-state index contributed by atoms with van der Waals surface area (Å²) in [6, 6.07) is 9.09. The van der Waals surface area contributed by atoms with Crippen LogP contribution in [0.15, 0.2) is 47.5 Å². The van der Waals surface area contributed by atoms with Crippen molar-refractivity contribution >= 4 is 5.97 Å². The quantitative estimate of drug-likeness (QED) is 0.764. The maximum Gasteiger partial charge on any atom is 0.337 e. The van der Waals surface area contributed by atoms with Crippen molar-refractivity contribution in [2.75, 3.05) is 0 Å². The maximum atomic E-state index is 14.0. The van der Waals surface area contributed by atoms with Crippen LogP contribution >= 0.6 is 0 Å². The number of pyridine rings is 1. The third-order valence-electron chi connectivity index (χ3n) is 3.38. The van der Waals surface area contributed by atoms with Gasteiger partial charge in [-0.1, -0.05) is 12.1 Å². The summed E-state index contributed by atoms with van der Waals surface area (Å²) in [5.74, 6) is -2.58. The van der Waals surface area contributed by atoms with Gasteiger partial charge in [-0.05, 0) is 23.8 Å². The normalized spacial score (nSPS) is 10.3. The Balaban J connectivity index is 2.06. The topological polar surface area (TPSA) is 112 Å². The zero-order valence-corrected chi connectivity index (χ0v) is 12.0. The lowest BCUT2D eigenvalue weighted by atomic mass is 10.1. The summed E-state index contributed by atoms with van der Waals surface area (Å²) in [5.41, 5.74) is 0.406. The van der Waals surface area contributed by atoms with Gasteiger partial charge in [-0.2, -0.15) is 9.94 Å². The minimum Gasteiger partial charge on any atom is -0.478 e. The van der Waals surface area contributed by atoms with Gasteiger partial charge in [-0.25, -0.2) is 14.2 Å². The van der Waals surface area contributed by atoms with Crippen LogP contribution < -0.4 is 5.56 Å². The van der Waals surface area contributed by atoms with Crippen LogP contribution in [0, 0.1) is 17.1 Å². The molecule has 0 saturated heterocycles. The zero-order chi connectivity index (χ0) is 17.3. The van der Waals surface area contributed by atoms with Crippen LogP contribution in [-0.4, -0.2) is 25.8 Å². The highest BCUT2D eigenvalue weighted by atomic mass is 19.1. The Labute approximate surface area is 134 Å². The highest BCUT2D eigenvalue weighted by Crippen LogP contribution is 2.17. The second-order valence-corrected chi connectivity index (χ2v) is 4.85. The van der Waals surface area contributed by atoms with E-state index in [4.69, 9.17) is 10.4 Å². The first-order valence-electron chi connectivity index (χ1n) is 6.71. The molecule has 0 saturated carbocycles. The summed E-state index contributed by atoms with van der Waals surface area (Å²) in [6.07, 6.45) is 2.35. The van der Waals surface area contributed by atoms with Gasteiger partial charge in [0.05, 0.1) is 22.8 Å². The van der Waals surface area contributed by atoms with Crippen molar-refractivity contribution in [2.24, 2.45) is 0 Å². The number of hydrogen-bond donors (Lipinski definition) is 2. The van der Waals surface area contributed by atoms with E-state index in [1.54, 1.807) is 24.3 Å². The summed E-state index contributed by atoms with van der Waals surface area (Å²) in [7, 11) is 0. The van der Waals surface area contributed by atoms with Gasteiger partial charge in [-0.15, -0.1) is 0 Å². The number of nitrogens with zero attached hydrogens (tertiary/aromatic N) is 3. The SMILES string of the molecule is N#Cc1ccc(-c2c[nH]n(-c3ncc(C(=O)O)cc3F)c2=O)cc1. The summed E-state index contributed by atoms with van der Waals surface area (Å²) in [4.78, 5) is 26.9. The molecule has 24 heavy (non-hydrogen) atoms. The second-order valence-electron chi connectivity index (χ2n) is 4.85. The summed E-state index contributed by atoms with van der Waals surface area (Å²) >= 11 is 0. The highest BCUT2D eigenvalue weighted by molar-refractivity contribution is 5.87. The average Bonchev–Trinajstić information content (AvgIpc) is 2.96. The van der Waals surface area contributed by atoms with Crippen LogP contribution in [0.1, 0.15) is 15.9 Å². The number of H-pyrrole nitrogens is 1. The number of halogens is 1. The highest BCUT2D eigenvalue weighted by Gasteiger charge is 2.16. The molecule has 0 amide bonds. The number of nitriles is 1. The van der Waals surface area contributed by atoms with Crippen molar-refractivity contribution in [3.63, 3.8) is 0 Å². The van der Waals surface area contributed by atoms with E-state index in [0.717, 1.165) is 16.9 Å². The van der Waals surface area contributed by atoms with Crippen molar-refractivity contribution in [3.05, 3.63) is 70.0 Å². The first-order chi connectivity index (χ1) is 11.5. The van der Waals surface area contributed by atoms with E-state index in [1.807, 2.05) is 6.07 Å². The lowest BCUT2D eigenvalue weighted by Crippen LogP contribution is -2.18. The van der Waals surface area contributed by atoms with Crippen molar-refractivity contribution in [1.29, 1.82) is 5.26 Å². The predicted octanol–water partition coefficient (Wildman–Crippen LogP) is 1.94. The van der Waals surface area contributed by atoms with Gasteiger partial charge >= 0.3 is 5.97 Å². The minimum atomic E-state index is -1.31. The summed E-state index contributed by atoms with van der Waals surface area (Å²) in [5, 5.41) is 20.2. The van der Waals surface area contributed by atoms with E-state index < -0.39 is 17.3 Å². The molecule has 0 spiro atoms. The monoisotopic (exact) mass is 324 g/mol. The Morgan fingerprint density at radius 2 is 2.04 bits per heavy atom. The molecule has 8 heteroatoms. The van der Waals surface area contributed by atoms with E-state index in [2.05, 4.69) is 10.1 Å². The molecule has 0 bridgehead atoms. The molecule has 0 aliphatic rings. The van der Waals surface area contributed by atoms with Crippen molar-refractivity contribution < 1.29 is 14.3 Å². The lowest BCUT2D eigenvalue weighted by Gasteiger charge is -2.03. The van der Waals surface area contributed by atoms with Gasteiger partial charge < -0.3 is 5.11 Å². The number of aromatic nitrogens is 3. The van der Waals surface area contributed by atoms with Gasteiger partial charge in [0.15, 0.2) is 11.6 Å². The fourth-order valence-corrected chi connectivity index (χ4v) is 2.17. The van der Waals surface area contributed by atoms with Gasteiger partial charge in [0.2, 0.25) is 0 Å². The third-order valence-corrected chi connectivity index (χ3v) is 3.38. The van der Waals surface area contributed by atoms with E-state index in [-0.39, 0.29) is 16.9 Å². The molecular weight excluding hydrogens is 315 g/mol. The van der Waals surface area contributed by atoms with Gasteiger partial charge in [-0.3, -0.25) is 9.89 Å². The lowest BCUT2D eigenvalue weighted by molar-refractivity contribution is 0.0696. The van der Waals surface area contributed by atoms with Crippen LogP contribution in [0.25, 0.3) is 16.9 Å².